The summed E-state index contributed by atoms with van der Waals surface area (Å²) in [4.78, 5) is 12.0. The first-order valence-corrected chi connectivity index (χ1v) is 7.48. The molecule has 0 spiro atoms. The zero-order chi connectivity index (χ0) is 17.7. The van der Waals surface area contributed by atoms with Gasteiger partial charge in [0.25, 0.3) is 5.91 Å². The van der Waals surface area contributed by atoms with Crippen molar-refractivity contribution in [2.45, 2.75) is 20.0 Å². The molecule has 2 N–H and O–H groups in total. The molecule has 128 valence electrons. The Morgan fingerprint density at radius 1 is 1.12 bits per heavy atom. The number of carbonyl (C=O) groups excluding carboxylic acids is 1. The van der Waals surface area contributed by atoms with Gasteiger partial charge in [-0.2, -0.15) is 0 Å². The van der Waals surface area contributed by atoms with Crippen LogP contribution in [-0.2, 0) is 0 Å². The Hall–Kier alpha value is -2.47. The zero-order valence-corrected chi connectivity index (χ0v) is 13.5. The van der Waals surface area contributed by atoms with Gasteiger partial charge in [-0.3, -0.25) is 4.79 Å². The highest BCUT2D eigenvalue weighted by Crippen LogP contribution is 2.15. The van der Waals surface area contributed by atoms with E-state index in [9.17, 15) is 18.7 Å². The minimum atomic E-state index is -1.02. The van der Waals surface area contributed by atoms with E-state index in [0.717, 1.165) is 23.3 Å². The lowest BCUT2D eigenvalue weighted by molar-refractivity contribution is 0.0843. The van der Waals surface area contributed by atoms with Crippen LogP contribution in [0, 0.1) is 25.5 Å². The summed E-state index contributed by atoms with van der Waals surface area (Å²) in [7, 11) is 0. The number of hydrogen-bond acceptors (Lipinski definition) is 3. The molecule has 0 fully saturated rings. The van der Waals surface area contributed by atoms with Crippen molar-refractivity contribution >= 4 is 5.91 Å². The van der Waals surface area contributed by atoms with Gasteiger partial charge in [-0.25, -0.2) is 8.78 Å². The maximum Gasteiger partial charge on any atom is 0.251 e. The minimum absolute atomic E-state index is 0.0184. The lowest BCUT2D eigenvalue weighted by Crippen LogP contribution is -2.35. The summed E-state index contributed by atoms with van der Waals surface area (Å²) < 4.78 is 31.0. The van der Waals surface area contributed by atoms with E-state index in [1.807, 2.05) is 19.9 Å². The van der Waals surface area contributed by atoms with Gasteiger partial charge in [0.05, 0.1) is 0 Å². The van der Waals surface area contributed by atoms with Crippen molar-refractivity contribution in [2.24, 2.45) is 0 Å². The van der Waals surface area contributed by atoms with Crippen LogP contribution in [0.2, 0.25) is 0 Å². The fourth-order valence-corrected chi connectivity index (χ4v) is 2.01. The van der Waals surface area contributed by atoms with Crippen molar-refractivity contribution in [3.8, 4) is 5.75 Å². The molecule has 0 aliphatic carbocycles. The third-order valence-corrected chi connectivity index (χ3v) is 3.60. The van der Waals surface area contributed by atoms with Crippen LogP contribution >= 0.6 is 0 Å². The number of aliphatic hydroxyl groups excluding tert-OH is 1. The van der Waals surface area contributed by atoms with Crippen LogP contribution in [0.25, 0.3) is 0 Å². The third-order valence-electron chi connectivity index (χ3n) is 3.60. The molecule has 1 unspecified atom stereocenters. The number of rotatable bonds is 6. The fourth-order valence-electron chi connectivity index (χ4n) is 2.01. The second-order valence-electron chi connectivity index (χ2n) is 5.55. The standard InChI is InChI=1S/C18H19F2NO3/c1-11-3-4-13(7-12(11)2)18(23)21-9-14(22)10-24-15-5-6-16(19)17(20)8-15/h3-8,14,22H,9-10H2,1-2H3,(H,21,23). The van der Waals surface area contributed by atoms with E-state index in [-0.39, 0.29) is 24.8 Å². The number of aryl methyl sites for hydroxylation is 2. The second kappa shape index (κ2) is 7.88. The molecular weight excluding hydrogens is 316 g/mol. The summed E-state index contributed by atoms with van der Waals surface area (Å²) in [6, 6.07) is 8.44. The van der Waals surface area contributed by atoms with Crippen LogP contribution in [0.1, 0.15) is 21.5 Å². The monoisotopic (exact) mass is 335 g/mol. The van der Waals surface area contributed by atoms with E-state index in [0.29, 0.717) is 5.56 Å². The molecular formula is C18H19F2NO3. The van der Waals surface area contributed by atoms with Crippen LogP contribution < -0.4 is 10.1 Å². The van der Waals surface area contributed by atoms with Crippen LogP contribution in [-0.4, -0.2) is 30.3 Å². The Bertz CT molecular complexity index is 734. The molecule has 2 aromatic carbocycles. The summed E-state index contributed by atoms with van der Waals surface area (Å²) in [5.74, 6) is -2.19. The number of nitrogens with one attached hydrogen (secondary N) is 1. The largest absolute Gasteiger partial charge is 0.491 e. The molecule has 0 heterocycles. The fraction of sp³-hybridized carbons (Fsp3) is 0.278. The second-order valence-corrected chi connectivity index (χ2v) is 5.55. The van der Waals surface area contributed by atoms with E-state index >= 15 is 0 Å². The molecule has 0 saturated carbocycles. The van der Waals surface area contributed by atoms with Crippen molar-refractivity contribution in [1.82, 2.24) is 5.32 Å². The highest BCUT2D eigenvalue weighted by Gasteiger charge is 2.11. The third kappa shape index (κ3) is 4.76. The van der Waals surface area contributed by atoms with Gasteiger partial charge in [-0.15, -0.1) is 0 Å². The van der Waals surface area contributed by atoms with E-state index in [1.165, 1.54) is 6.07 Å². The van der Waals surface area contributed by atoms with Crippen LogP contribution in [0.4, 0.5) is 8.78 Å². The maximum atomic E-state index is 13.0. The average molecular weight is 335 g/mol. The van der Waals surface area contributed by atoms with E-state index in [4.69, 9.17) is 4.74 Å². The molecule has 1 atom stereocenters. The molecule has 2 aromatic rings. The van der Waals surface area contributed by atoms with Gasteiger partial charge in [-0.05, 0) is 49.2 Å². The Kier molecular flexibility index (Phi) is 5.87. The van der Waals surface area contributed by atoms with Gasteiger partial charge in [0.2, 0.25) is 0 Å². The SMILES string of the molecule is Cc1ccc(C(=O)NCC(O)COc2ccc(F)c(F)c2)cc1C. The van der Waals surface area contributed by atoms with Crippen LogP contribution in [0.15, 0.2) is 36.4 Å². The number of benzene rings is 2. The number of aliphatic hydroxyl groups is 1. The molecule has 24 heavy (non-hydrogen) atoms. The quantitative estimate of drug-likeness (QED) is 0.853. The summed E-state index contributed by atoms with van der Waals surface area (Å²) in [5.41, 5.74) is 2.60. The Morgan fingerprint density at radius 3 is 2.54 bits per heavy atom. The topological polar surface area (TPSA) is 58.6 Å². The summed E-state index contributed by atoms with van der Waals surface area (Å²) in [6.45, 7) is 3.70. The van der Waals surface area contributed by atoms with Crippen molar-refractivity contribution in [2.75, 3.05) is 13.2 Å². The molecule has 2 rings (SSSR count). The summed E-state index contributed by atoms with van der Waals surface area (Å²) >= 11 is 0. The molecule has 0 aromatic heterocycles. The van der Waals surface area contributed by atoms with Crippen LogP contribution in [0.3, 0.4) is 0 Å². The van der Waals surface area contributed by atoms with Gasteiger partial charge in [0, 0.05) is 18.2 Å². The number of hydrogen-bond donors (Lipinski definition) is 2. The minimum Gasteiger partial charge on any atom is -0.491 e. The summed E-state index contributed by atoms with van der Waals surface area (Å²) in [6.07, 6.45) is -0.978. The first-order chi connectivity index (χ1) is 11.4. The highest BCUT2D eigenvalue weighted by molar-refractivity contribution is 5.94. The van der Waals surface area contributed by atoms with Gasteiger partial charge in [0.1, 0.15) is 18.5 Å². The molecule has 1 amide bonds. The molecule has 0 radical (unpaired) electrons. The highest BCUT2D eigenvalue weighted by atomic mass is 19.2. The predicted molar refractivity (Wildman–Crippen MR) is 86.1 cm³/mol. The molecule has 0 saturated heterocycles. The Morgan fingerprint density at radius 2 is 1.88 bits per heavy atom. The van der Waals surface area contributed by atoms with Crippen molar-refractivity contribution in [1.29, 1.82) is 0 Å². The maximum absolute atomic E-state index is 13.0. The van der Waals surface area contributed by atoms with Crippen molar-refractivity contribution < 1.29 is 23.4 Å². The Balaban J connectivity index is 1.81. The predicted octanol–water partition coefficient (Wildman–Crippen LogP) is 2.75. The van der Waals surface area contributed by atoms with Gasteiger partial charge >= 0.3 is 0 Å². The van der Waals surface area contributed by atoms with Gasteiger partial charge in [0.15, 0.2) is 11.6 Å². The lowest BCUT2D eigenvalue weighted by atomic mass is 10.1. The molecule has 0 aliphatic rings. The van der Waals surface area contributed by atoms with Crippen LogP contribution in [0.5, 0.6) is 5.75 Å². The Labute approximate surface area is 139 Å². The normalized spacial score (nSPS) is 11.9. The number of ether oxygens (including phenoxy) is 1. The van der Waals surface area contributed by atoms with E-state index in [2.05, 4.69) is 5.32 Å². The van der Waals surface area contributed by atoms with Gasteiger partial charge in [-0.1, -0.05) is 6.07 Å². The lowest BCUT2D eigenvalue weighted by Gasteiger charge is -2.14. The molecule has 6 heteroatoms. The first-order valence-electron chi connectivity index (χ1n) is 7.48. The molecule has 0 bridgehead atoms. The number of amides is 1. The smallest absolute Gasteiger partial charge is 0.251 e. The summed E-state index contributed by atoms with van der Waals surface area (Å²) in [5, 5.41) is 12.4. The first kappa shape index (κ1) is 17.9. The van der Waals surface area contributed by atoms with E-state index < -0.39 is 17.7 Å². The number of carbonyl (C=O) groups is 1. The van der Waals surface area contributed by atoms with Gasteiger partial charge < -0.3 is 15.2 Å². The van der Waals surface area contributed by atoms with E-state index in [1.54, 1.807) is 12.1 Å². The molecule has 4 nitrogen and oxygen atoms in total. The number of halogens is 2. The zero-order valence-electron chi connectivity index (χ0n) is 13.5. The average Bonchev–Trinajstić information content (AvgIpc) is 2.56. The van der Waals surface area contributed by atoms with Crippen molar-refractivity contribution in [3.05, 3.63) is 64.7 Å². The van der Waals surface area contributed by atoms with Crippen molar-refractivity contribution in [3.63, 3.8) is 0 Å². The molecule has 0 aliphatic heterocycles.